The second-order valence-corrected chi connectivity index (χ2v) is 5.81. The van der Waals surface area contributed by atoms with E-state index in [1.54, 1.807) is 6.07 Å². The van der Waals surface area contributed by atoms with Gasteiger partial charge in [-0.1, -0.05) is 40.9 Å². The third-order valence-electron chi connectivity index (χ3n) is 3.28. The molecule has 0 N–H and O–H groups in total. The molecule has 0 saturated heterocycles. The van der Waals surface area contributed by atoms with Crippen molar-refractivity contribution in [3.63, 3.8) is 0 Å². The van der Waals surface area contributed by atoms with Gasteiger partial charge in [0.25, 0.3) is 0 Å². The highest BCUT2D eigenvalue weighted by atomic mass is 35.5. The number of aryl methyl sites for hydroxylation is 1. The van der Waals surface area contributed by atoms with Crippen LogP contribution in [0.1, 0.15) is 29.1 Å². The number of fused-ring (bicyclic) bond motifs is 1. The summed E-state index contributed by atoms with van der Waals surface area (Å²) in [7, 11) is 0. The molecule has 1 aliphatic carbocycles. The summed E-state index contributed by atoms with van der Waals surface area (Å²) in [5, 5.41) is 1.70. The van der Waals surface area contributed by atoms with Crippen LogP contribution >= 0.6 is 34.8 Å². The number of halogens is 3. The summed E-state index contributed by atoms with van der Waals surface area (Å²) in [6.45, 7) is 0. The van der Waals surface area contributed by atoms with Crippen LogP contribution in [0.4, 0.5) is 0 Å². The molecule has 19 heavy (non-hydrogen) atoms. The number of nitrogens with zero attached hydrogens (tertiary/aromatic N) is 2. The van der Waals surface area contributed by atoms with E-state index in [0.717, 1.165) is 41.9 Å². The van der Waals surface area contributed by atoms with Gasteiger partial charge >= 0.3 is 0 Å². The van der Waals surface area contributed by atoms with Crippen LogP contribution in [-0.4, -0.2) is 9.97 Å². The molecule has 2 nitrogen and oxygen atoms in total. The number of hydrogen-bond donors (Lipinski definition) is 0. The van der Waals surface area contributed by atoms with Crippen molar-refractivity contribution >= 4 is 34.8 Å². The van der Waals surface area contributed by atoms with E-state index in [0.29, 0.717) is 21.6 Å². The minimum atomic E-state index is 0.548. The fourth-order valence-electron chi connectivity index (χ4n) is 2.35. The molecule has 2 aromatic rings. The molecule has 0 spiro atoms. The summed E-state index contributed by atoms with van der Waals surface area (Å²) < 4.78 is 0. The van der Waals surface area contributed by atoms with E-state index in [1.165, 1.54) is 0 Å². The van der Waals surface area contributed by atoms with Gasteiger partial charge in [-0.05, 0) is 37.0 Å². The molecular formula is C14H11Cl3N2. The third-order valence-corrected chi connectivity index (χ3v) is 4.33. The highest BCUT2D eigenvalue weighted by molar-refractivity contribution is 6.42. The minimum absolute atomic E-state index is 0.548. The van der Waals surface area contributed by atoms with Crippen LogP contribution in [0.3, 0.4) is 0 Å². The lowest BCUT2D eigenvalue weighted by molar-refractivity contribution is 0.885. The van der Waals surface area contributed by atoms with Crippen LogP contribution in [0, 0.1) is 0 Å². The van der Waals surface area contributed by atoms with Crippen LogP contribution in [0.25, 0.3) is 0 Å². The van der Waals surface area contributed by atoms with Gasteiger partial charge in [-0.15, -0.1) is 0 Å². The zero-order valence-corrected chi connectivity index (χ0v) is 12.4. The normalized spacial score (nSPS) is 13.6. The summed E-state index contributed by atoms with van der Waals surface area (Å²) in [4.78, 5) is 8.96. The van der Waals surface area contributed by atoms with Crippen LogP contribution in [0.5, 0.6) is 0 Å². The number of hydrogen-bond acceptors (Lipinski definition) is 2. The number of aromatic nitrogens is 2. The van der Waals surface area contributed by atoms with E-state index in [-0.39, 0.29) is 0 Å². The Morgan fingerprint density at radius 2 is 1.84 bits per heavy atom. The predicted molar refractivity (Wildman–Crippen MR) is 78.3 cm³/mol. The van der Waals surface area contributed by atoms with E-state index < -0.39 is 0 Å². The summed E-state index contributed by atoms with van der Waals surface area (Å²) >= 11 is 18.1. The first-order valence-corrected chi connectivity index (χ1v) is 7.25. The van der Waals surface area contributed by atoms with Gasteiger partial charge in [0.2, 0.25) is 0 Å². The Morgan fingerprint density at radius 1 is 1.00 bits per heavy atom. The zero-order valence-electron chi connectivity index (χ0n) is 10.1. The standard InChI is InChI=1S/C14H11Cl3N2/c15-10-5-4-8(6-11(10)16)7-13-18-12-3-1-2-9(12)14(17)19-13/h4-6H,1-3,7H2. The van der Waals surface area contributed by atoms with E-state index >= 15 is 0 Å². The van der Waals surface area contributed by atoms with E-state index in [4.69, 9.17) is 34.8 Å². The van der Waals surface area contributed by atoms with Crippen molar-refractivity contribution in [3.05, 3.63) is 56.0 Å². The highest BCUT2D eigenvalue weighted by Crippen LogP contribution is 2.27. The maximum absolute atomic E-state index is 6.20. The molecule has 1 aromatic carbocycles. The molecule has 5 heteroatoms. The predicted octanol–water partition coefficient (Wildman–Crippen LogP) is 4.52. The average molecular weight is 314 g/mol. The Labute approximate surface area is 126 Å². The average Bonchev–Trinajstić information content (AvgIpc) is 2.82. The lowest BCUT2D eigenvalue weighted by Crippen LogP contribution is -2.02. The minimum Gasteiger partial charge on any atom is -0.237 e. The largest absolute Gasteiger partial charge is 0.237 e. The first kappa shape index (κ1) is 13.2. The molecule has 1 aliphatic rings. The lowest BCUT2D eigenvalue weighted by Gasteiger charge is -2.06. The molecule has 0 atom stereocenters. The van der Waals surface area contributed by atoms with Crippen molar-refractivity contribution in [2.45, 2.75) is 25.7 Å². The smallest absolute Gasteiger partial charge is 0.136 e. The molecule has 0 saturated carbocycles. The molecule has 3 rings (SSSR count). The Kier molecular flexibility index (Phi) is 3.66. The molecular weight excluding hydrogens is 303 g/mol. The van der Waals surface area contributed by atoms with Gasteiger partial charge in [-0.25, -0.2) is 9.97 Å². The SMILES string of the molecule is Clc1ccc(Cc2nc(Cl)c3c(n2)CCC3)cc1Cl. The second-order valence-electron chi connectivity index (χ2n) is 4.63. The summed E-state index contributed by atoms with van der Waals surface area (Å²) in [6.07, 6.45) is 3.71. The molecule has 0 unspecified atom stereocenters. The van der Waals surface area contributed by atoms with Crippen molar-refractivity contribution in [1.82, 2.24) is 9.97 Å². The van der Waals surface area contributed by atoms with E-state index in [2.05, 4.69) is 9.97 Å². The van der Waals surface area contributed by atoms with Crippen molar-refractivity contribution in [3.8, 4) is 0 Å². The first-order valence-electron chi connectivity index (χ1n) is 6.11. The quantitative estimate of drug-likeness (QED) is 0.762. The number of benzene rings is 1. The van der Waals surface area contributed by atoms with Crippen molar-refractivity contribution in [1.29, 1.82) is 0 Å². The maximum Gasteiger partial charge on any atom is 0.136 e. The van der Waals surface area contributed by atoms with Crippen molar-refractivity contribution in [2.75, 3.05) is 0 Å². The van der Waals surface area contributed by atoms with Gasteiger partial charge in [0, 0.05) is 17.7 Å². The summed E-state index contributed by atoms with van der Waals surface area (Å²) in [5.41, 5.74) is 3.23. The van der Waals surface area contributed by atoms with Crippen molar-refractivity contribution < 1.29 is 0 Å². The van der Waals surface area contributed by atoms with Crippen molar-refractivity contribution in [2.24, 2.45) is 0 Å². The highest BCUT2D eigenvalue weighted by Gasteiger charge is 2.18. The van der Waals surface area contributed by atoms with E-state index in [9.17, 15) is 0 Å². The fraction of sp³-hybridized carbons (Fsp3) is 0.286. The van der Waals surface area contributed by atoms with Gasteiger partial charge < -0.3 is 0 Å². The monoisotopic (exact) mass is 312 g/mol. The van der Waals surface area contributed by atoms with Crippen LogP contribution < -0.4 is 0 Å². The molecule has 0 radical (unpaired) electrons. The van der Waals surface area contributed by atoms with Gasteiger partial charge in [-0.3, -0.25) is 0 Å². The van der Waals surface area contributed by atoms with Gasteiger partial charge in [-0.2, -0.15) is 0 Å². The van der Waals surface area contributed by atoms with Crippen LogP contribution in [0.2, 0.25) is 15.2 Å². The number of rotatable bonds is 2. The van der Waals surface area contributed by atoms with E-state index in [1.807, 2.05) is 12.1 Å². The van der Waals surface area contributed by atoms with Crippen LogP contribution in [-0.2, 0) is 19.3 Å². The zero-order chi connectivity index (χ0) is 13.4. The Hall–Kier alpha value is -0.830. The fourth-order valence-corrected chi connectivity index (χ4v) is 2.97. The Bertz CT molecular complexity index is 641. The summed E-state index contributed by atoms with van der Waals surface area (Å²) in [6, 6.07) is 5.56. The molecule has 1 aromatic heterocycles. The first-order chi connectivity index (χ1) is 9.13. The second kappa shape index (κ2) is 5.28. The van der Waals surface area contributed by atoms with Gasteiger partial charge in [0.15, 0.2) is 0 Å². The third kappa shape index (κ3) is 2.71. The summed E-state index contributed by atoms with van der Waals surface area (Å²) in [5.74, 6) is 0.740. The molecule has 1 heterocycles. The molecule has 0 bridgehead atoms. The lowest BCUT2D eigenvalue weighted by atomic mass is 10.1. The molecule has 0 fully saturated rings. The van der Waals surface area contributed by atoms with Crippen LogP contribution in [0.15, 0.2) is 18.2 Å². The Morgan fingerprint density at radius 3 is 2.63 bits per heavy atom. The molecule has 0 amide bonds. The maximum atomic E-state index is 6.20. The topological polar surface area (TPSA) is 25.8 Å². The molecule has 98 valence electrons. The Balaban J connectivity index is 1.91. The molecule has 0 aliphatic heterocycles. The van der Waals surface area contributed by atoms with Gasteiger partial charge in [0.05, 0.1) is 10.0 Å². The van der Waals surface area contributed by atoms with Gasteiger partial charge in [0.1, 0.15) is 11.0 Å².